The first-order valence-corrected chi connectivity index (χ1v) is 4.03. The maximum atomic E-state index is 13.2. The van der Waals surface area contributed by atoms with E-state index in [0.29, 0.717) is 0 Å². The van der Waals surface area contributed by atoms with Gasteiger partial charge < -0.3 is 4.79 Å². The van der Waals surface area contributed by atoms with Gasteiger partial charge in [0.15, 0.2) is 0 Å². The molecule has 0 N–H and O–H groups in total. The highest BCUT2D eigenvalue weighted by Crippen LogP contribution is 2.48. The largest absolute Gasteiger partial charge is 0.303 e. The number of carbonyl (C=O) groups is 1. The summed E-state index contributed by atoms with van der Waals surface area (Å²) in [4.78, 5) is 10.6. The van der Waals surface area contributed by atoms with E-state index in [1.165, 1.54) is 0 Å². The molecule has 0 heterocycles. The lowest BCUT2D eigenvalue weighted by atomic mass is 9.86. The van der Waals surface area contributed by atoms with E-state index in [0.717, 1.165) is 6.29 Å². The van der Waals surface area contributed by atoms with Crippen LogP contribution in [0.4, 0.5) is 4.39 Å². The molecule has 0 radical (unpaired) electrons. The van der Waals surface area contributed by atoms with E-state index < -0.39 is 6.17 Å². The van der Waals surface area contributed by atoms with E-state index in [1.807, 2.05) is 19.1 Å². The lowest BCUT2D eigenvalue weighted by molar-refractivity contribution is -0.112. The standard InChI is InChI=1S/C9H11FO/c1-5-6-2-3-7(9(6)10)8(5)4-11/h2-9H,1H3. The number of allylic oxidation sites excluding steroid dienone is 2. The molecule has 1 fully saturated rings. The average molecular weight is 154 g/mol. The van der Waals surface area contributed by atoms with Gasteiger partial charge in [0, 0.05) is 17.8 Å². The second-order valence-electron chi connectivity index (χ2n) is 3.56. The molecule has 2 rings (SSSR count). The van der Waals surface area contributed by atoms with Crippen molar-refractivity contribution in [2.45, 2.75) is 13.1 Å². The maximum absolute atomic E-state index is 13.2. The Labute approximate surface area is 65.3 Å². The molecule has 5 atom stereocenters. The third kappa shape index (κ3) is 0.725. The van der Waals surface area contributed by atoms with Crippen molar-refractivity contribution in [3.05, 3.63) is 12.2 Å². The lowest BCUT2D eigenvalue weighted by Crippen LogP contribution is -2.17. The van der Waals surface area contributed by atoms with Gasteiger partial charge in [0.05, 0.1) is 0 Å². The van der Waals surface area contributed by atoms with E-state index in [4.69, 9.17) is 0 Å². The third-order valence-corrected chi connectivity index (χ3v) is 3.11. The first-order chi connectivity index (χ1) is 5.25. The van der Waals surface area contributed by atoms with Crippen LogP contribution in [0.1, 0.15) is 6.92 Å². The minimum absolute atomic E-state index is 0.00944. The molecule has 11 heavy (non-hydrogen) atoms. The van der Waals surface area contributed by atoms with E-state index in [9.17, 15) is 9.18 Å². The zero-order valence-corrected chi connectivity index (χ0v) is 6.41. The number of fused-ring (bicyclic) bond motifs is 2. The zero-order valence-electron chi connectivity index (χ0n) is 6.41. The minimum Gasteiger partial charge on any atom is -0.303 e. The molecule has 60 valence electrons. The van der Waals surface area contributed by atoms with Crippen molar-refractivity contribution in [2.24, 2.45) is 23.7 Å². The average Bonchev–Trinajstić information content (AvgIpc) is 2.44. The molecule has 1 saturated carbocycles. The Hall–Kier alpha value is -0.660. The molecule has 0 aromatic heterocycles. The summed E-state index contributed by atoms with van der Waals surface area (Å²) in [7, 11) is 0. The number of rotatable bonds is 1. The SMILES string of the molecule is CC1C2C=CC(C2F)C1C=O. The van der Waals surface area contributed by atoms with Crippen LogP contribution in [0.15, 0.2) is 12.2 Å². The van der Waals surface area contributed by atoms with Crippen LogP contribution in [0.2, 0.25) is 0 Å². The van der Waals surface area contributed by atoms with E-state index in [-0.39, 0.29) is 23.7 Å². The smallest absolute Gasteiger partial charge is 0.124 e. The Bertz CT molecular complexity index is 212. The van der Waals surface area contributed by atoms with Gasteiger partial charge in [-0.1, -0.05) is 19.1 Å². The summed E-state index contributed by atoms with van der Waals surface area (Å²) < 4.78 is 13.2. The number of hydrogen-bond donors (Lipinski definition) is 0. The molecule has 0 saturated heterocycles. The van der Waals surface area contributed by atoms with Gasteiger partial charge in [-0.3, -0.25) is 0 Å². The Balaban J connectivity index is 2.30. The number of aldehydes is 1. The highest BCUT2D eigenvalue weighted by Gasteiger charge is 2.49. The monoisotopic (exact) mass is 154 g/mol. The number of alkyl halides is 1. The fourth-order valence-electron chi connectivity index (χ4n) is 2.35. The fraction of sp³-hybridized carbons (Fsp3) is 0.667. The van der Waals surface area contributed by atoms with Crippen LogP contribution in [0.3, 0.4) is 0 Å². The molecule has 0 aromatic rings. The van der Waals surface area contributed by atoms with Gasteiger partial charge in [-0.2, -0.15) is 0 Å². The topological polar surface area (TPSA) is 17.1 Å². The van der Waals surface area contributed by atoms with Gasteiger partial charge in [-0.25, -0.2) is 4.39 Å². The Morgan fingerprint density at radius 3 is 2.36 bits per heavy atom. The van der Waals surface area contributed by atoms with Crippen molar-refractivity contribution in [1.29, 1.82) is 0 Å². The van der Waals surface area contributed by atoms with Crippen molar-refractivity contribution in [3.8, 4) is 0 Å². The summed E-state index contributed by atoms with van der Waals surface area (Å²) in [6.45, 7) is 1.96. The van der Waals surface area contributed by atoms with E-state index in [1.54, 1.807) is 0 Å². The second-order valence-corrected chi connectivity index (χ2v) is 3.56. The Morgan fingerprint density at radius 1 is 1.36 bits per heavy atom. The molecule has 1 nitrogen and oxygen atoms in total. The summed E-state index contributed by atoms with van der Waals surface area (Å²) in [5.41, 5.74) is 0. The summed E-state index contributed by atoms with van der Waals surface area (Å²) in [5, 5.41) is 0. The predicted octanol–water partition coefficient (Wildman–Crippen LogP) is 1.59. The highest BCUT2D eigenvalue weighted by atomic mass is 19.1. The molecule has 2 heteroatoms. The molecule has 0 aromatic carbocycles. The van der Waals surface area contributed by atoms with Crippen LogP contribution in [0, 0.1) is 23.7 Å². The lowest BCUT2D eigenvalue weighted by Gasteiger charge is -2.17. The molecule has 5 unspecified atom stereocenters. The van der Waals surface area contributed by atoms with Gasteiger partial charge in [0.25, 0.3) is 0 Å². The van der Waals surface area contributed by atoms with Crippen molar-refractivity contribution in [2.75, 3.05) is 0 Å². The third-order valence-electron chi connectivity index (χ3n) is 3.11. The van der Waals surface area contributed by atoms with Crippen LogP contribution >= 0.6 is 0 Å². The molecule has 2 bridgehead atoms. The molecular formula is C9H11FO. The van der Waals surface area contributed by atoms with Crippen molar-refractivity contribution in [1.82, 2.24) is 0 Å². The first-order valence-electron chi connectivity index (χ1n) is 4.03. The number of halogens is 1. The van der Waals surface area contributed by atoms with Crippen molar-refractivity contribution < 1.29 is 9.18 Å². The summed E-state index contributed by atoms with van der Waals surface area (Å²) >= 11 is 0. The second kappa shape index (κ2) is 2.16. The fourth-order valence-corrected chi connectivity index (χ4v) is 2.35. The quantitative estimate of drug-likeness (QED) is 0.414. The van der Waals surface area contributed by atoms with Crippen LogP contribution in [0.5, 0.6) is 0 Å². The molecule has 0 amide bonds. The van der Waals surface area contributed by atoms with Crippen molar-refractivity contribution >= 4 is 6.29 Å². The van der Waals surface area contributed by atoms with Crippen LogP contribution in [-0.4, -0.2) is 12.5 Å². The molecular weight excluding hydrogens is 143 g/mol. The summed E-state index contributed by atoms with van der Waals surface area (Å²) in [6, 6.07) is 0. The van der Waals surface area contributed by atoms with Gasteiger partial charge in [-0.15, -0.1) is 0 Å². The van der Waals surface area contributed by atoms with Gasteiger partial charge in [0.2, 0.25) is 0 Å². The summed E-state index contributed by atoms with van der Waals surface area (Å²) in [6.07, 6.45) is 3.89. The molecule has 0 aliphatic heterocycles. The van der Waals surface area contributed by atoms with Gasteiger partial charge in [0.1, 0.15) is 12.5 Å². The van der Waals surface area contributed by atoms with Crippen LogP contribution in [0.25, 0.3) is 0 Å². The predicted molar refractivity (Wildman–Crippen MR) is 39.7 cm³/mol. The minimum atomic E-state index is -0.791. The number of carbonyl (C=O) groups excluding carboxylic acids is 1. The maximum Gasteiger partial charge on any atom is 0.124 e. The molecule has 2 aliphatic rings. The Kier molecular flexibility index (Phi) is 1.38. The van der Waals surface area contributed by atoms with Crippen LogP contribution < -0.4 is 0 Å². The zero-order chi connectivity index (χ0) is 8.01. The normalized spacial score (nSPS) is 53.5. The van der Waals surface area contributed by atoms with Crippen molar-refractivity contribution in [3.63, 3.8) is 0 Å². The van der Waals surface area contributed by atoms with E-state index in [2.05, 4.69) is 0 Å². The Morgan fingerprint density at radius 2 is 2.00 bits per heavy atom. The number of hydrogen-bond acceptors (Lipinski definition) is 1. The summed E-state index contributed by atoms with van der Waals surface area (Å²) in [5.74, 6) is 0.0280. The van der Waals surface area contributed by atoms with Crippen LogP contribution in [-0.2, 0) is 4.79 Å². The first kappa shape index (κ1) is 7.01. The highest BCUT2D eigenvalue weighted by molar-refractivity contribution is 5.57. The van der Waals surface area contributed by atoms with E-state index >= 15 is 0 Å². The molecule has 0 spiro atoms. The van der Waals surface area contributed by atoms with Gasteiger partial charge >= 0.3 is 0 Å². The molecule has 2 aliphatic carbocycles. The van der Waals surface area contributed by atoms with Gasteiger partial charge in [-0.05, 0) is 5.92 Å².